The van der Waals surface area contributed by atoms with Gasteiger partial charge in [-0.3, -0.25) is 4.79 Å². The van der Waals surface area contributed by atoms with Crippen LogP contribution in [0.2, 0.25) is 0 Å². The first-order valence-electron chi connectivity index (χ1n) is 2.44. The van der Waals surface area contributed by atoms with Crippen molar-refractivity contribution in [2.45, 2.75) is 6.04 Å². The number of carbonyl (C=O) groups is 1. The van der Waals surface area contributed by atoms with Gasteiger partial charge in [0.15, 0.2) is 0 Å². The lowest BCUT2D eigenvalue weighted by Gasteiger charge is -1.95. The van der Waals surface area contributed by atoms with Crippen LogP contribution in [0.5, 0.6) is 0 Å². The number of aliphatic hydroxyl groups is 1. The maximum Gasteiger partial charge on any atom is 0.324 e. The minimum Gasteiger partial charge on any atom is -0.480 e. The third-order valence-corrected chi connectivity index (χ3v) is 0.734. The molecule has 1 atom stereocenters. The largest absolute Gasteiger partial charge is 0.480 e. The average molecular weight is 131 g/mol. The van der Waals surface area contributed by atoms with Crippen LogP contribution in [0, 0.1) is 0 Å². The SMILES string of the molecule is NC(C=CCO)C(=O)O. The van der Waals surface area contributed by atoms with E-state index in [1.54, 1.807) is 0 Å². The Morgan fingerprint density at radius 3 is 2.67 bits per heavy atom. The van der Waals surface area contributed by atoms with E-state index in [-0.39, 0.29) is 6.61 Å². The second-order valence-corrected chi connectivity index (χ2v) is 1.47. The van der Waals surface area contributed by atoms with Crippen molar-refractivity contribution in [3.8, 4) is 0 Å². The smallest absolute Gasteiger partial charge is 0.324 e. The number of aliphatic hydroxyl groups excluding tert-OH is 1. The van der Waals surface area contributed by atoms with Crippen LogP contribution in [0.1, 0.15) is 0 Å². The molecule has 0 aromatic heterocycles. The Kier molecular flexibility index (Phi) is 3.66. The van der Waals surface area contributed by atoms with Crippen molar-refractivity contribution < 1.29 is 15.0 Å². The number of carboxylic acid groups (broad SMARTS) is 1. The molecule has 0 aromatic rings. The molecule has 0 aliphatic heterocycles. The summed E-state index contributed by atoms with van der Waals surface area (Å²) < 4.78 is 0. The van der Waals surface area contributed by atoms with Gasteiger partial charge in [-0.05, 0) is 0 Å². The first-order valence-corrected chi connectivity index (χ1v) is 2.44. The van der Waals surface area contributed by atoms with E-state index in [9.17, 15) is 4.79 Å². The molecule has 4 N–H and O–H groups in total. The van der Waals surface area contributed by atoms with Gasteiger partial charge in [-0.1, -0.05) is 12.2 Å². The molecule has 0 aliphatic carbocycles. The molecule has 1 unspecified atom stereocenters. The number of hydrogen-bond donors (Lipinski definition) is 3. The molecule has 52 valence electrons. The molecule has 4 nitrogen and oxygen atoms in total. The van der Waals surface area contributed by atoms with E-state index in [0.717, 1.165) is 0 Å². The Labute approximate surface area is 52.6 Å². The maximum atomic E-state index is 9.95. The molecule has 0 saturated carbocycles. The molecule has 4 heteroatoms. The van der Waals surface area contributed by atoms with E-state index >= 15 is 0 Å². The van der Waals surface area contributed by atoms with Gasteiger partial charge in [0.05, 0.1) is 6.61 Å². The standard InChI is InChI=1S/C5H9NO3/c6-4(5(8)9)2-1-3-7/h1-2,4,7H,3,6H2,(H,8,9). The summed E-state index contributed by atoms with van der Waals surface area (Å²) in [6.07, 6.45) is 2.52. The van der Waals surface area contributed by atoms with Gasteiger partial charge >= 0.3 is 5.97 Å². The van der Waals surface area contributed by atoms with Crippen LogP contribution in [0.3, 0.4) is 0 Å². The lowest BCUT2D eigenvalue weighted by atomic mass is 10.3. The lowest BCUT2D eigenvalue weighted by molar-refractivity contribution is -0.137. The summed E-state index contributed by atoms with van der Waals surface area (Å²) in [4.78, 5) is 9.95. The summed E-state index contributed by atoms with van der Waals surface area (Å²) in [6, 6.07) is -1.00. The zero-order chi connectivity index (χ0) is 7.28. The molecular formula is C5H9NO3. The van der Waals surface area contributed by atoms with E-state index < -0.39 is 12.0 Å². The van der Waals surface area contributed by atoms with Crippen LogP contribution in [0.15, 0.2) is 12.2 Å². The third-order valence-electron chi connectivity index (χ3n) is 0.734. The Bertz CT molecular complexity index is 121. The molecular weight excluding hydrogens is 122 g/mol. The average Bonchev–Trinajstić information content (AvgIpc) is 1.82. The predicted octanol–water partition coefficient (Wildman–Crippen LogP) is -1.05. The lowest BCUT2D eigenvalue weighted by Crippen LogP contribution is -2.27. The van der Waals surface area contributed by atoms with Crippen LogP contribution in [-0.4, -0.2) is 28.8 Å². The minimum atomic E-state index is -1.10. The van der Waals surface area contributed by atoms with E-state index in [1.807, 2.05) is 0 Å². The van der Waals surface area contributed by atoms with Crippen LogP contribution < -0.4 is 5.73 Å². The summed E-state index contributed by atoms with van der Waals surface area (Å²) >= 11 is 0. The van der Waals surface area contributed by atoms with Gasteiger partial charge in [0.2, 0.25) is 0 Å². The first kappa shape index (κ1) is 8.13. The molecule has 0 rings (SSSR count). The summed E-state index contributed by atoms with van der Waals surface area (Å²) in [7, 11) is 0. The van der Waals surface area contributed by atoms with Gasteiger partial charge in [-0.25, -0.2) is 0 Å². The van der Waals surface area contributed by atoms with Crippen LogP contribution in [0.4, 0.5) is 0 Å². The van der Waals surface area contributed by atoms with Crippen molar-refractivity contribution in [1.82, 2.24) is 0 Å². The molecule has 0 aliphatic rings. The van der Waals surface area contributed by atoms with Gasteiger partial charge in [-0.15, -0.1) is 0 Å². The summed E-state index contributed by atoms with van der Waals surface area (Å²) in [5.41, 5.74) is 5.01. The van der Waals surface area contributed by atoms with E-state index in [1.165, 1.54) is 12.2 Å². The Morgan fingerprint density at radius 1 is 1.78 bits per heavy atom. The normalized spacial score (nSPS) is 14.0. The van der Waals surface area contributed by atoms with E-state index in [4.69, 9.17) is 15.9 Å². The minimum absolute atomic E-state index is 0.180. The highest BCUT2D eigenvalue weighted by atomic mass is 16.4. The molecule has 0 fully saturated rings. The van der Waals surface area contributed by atoms with Crippen LogP contribution in [0.25, 0.3) is 0 Å². The second-order valence-electron chi connectivity index (χ2n) is 1.47. The Balaban J connectivity index is 3.62. The van der Waals surface area contributed by atoms with Gasteiger partial charge in [0.1, 0.15) is 6.04 Å². The van der Waals surface area contributed by atoms with Gasteiger partial charge in [-0.2, -0.15) is 0 Å². The predicted molar refractivity (Wildman–Crippen MR) is 31.8 cm³/mol. The quantitative estimate of drug-likeness (QED) is 0.426. The fourth-order valence-electron chi connectivity index (χ4n) is 0.290. The molecule has 0 spiro atoms. The Hall–Kier alpha value is -0.870. The highest BCUT2D eigenvalue weighted by molar-refractivity contribution is 5.75. The highest BCUT2D eigenvalue weighted by Gasteiger charge is 2.04. The van der Waals surface area contributed by atoms with Crippen molar-refractivity contribution in [3.63, 3.8) is 0 Å². The molecule has 0 radical (unpaired) electrons. The topological polar surface area (TPSA) is 83.5 Å². The summed E-state index contributed by atoms with van der Waals surface area (Å²) in [5, 5.41) is 16.3. The monoisotopic (exact) mass is 131 g/mol. The highest BCUT2D eigenvalue weighted by Crippen LogP contribution is 1.80. The fourth-order valence-corrected chi connectivity index (χ4v) is 0.290. The first-order chi connectivity index (χ1) is 4.18. The molecule has 0 bridgehead atoms. The van der Waals surface area contributed by atoms with Gasteiger partial charge in [0.25, 0.3) is 0 Å². The Morgan fingerprint density at radius 2 is 2.33 bits per heavy atom. The van der Waals surface area contributed by atoms with Gasteiger partial charge < -0.3 is 15.9 Å². The second kappa shape index (κ2) is 4.05. The zero-order valence-corrected chi connectivity index (χ0v) is 4.82. The summed E-state index contributed by atoms with van der Waals surface area (Å²) in [5.74, 6) is -1.10. The number of hydrogen-bond acceptors (Lipinski definition) is 3. The molecule has 0 amide bonds. The zero-order valence-electron chi connectivity index (χ0n) is 4.82. The number of carboxylic acids is 1. The van der Waals surface area contributed by atoms with Crippen LogP contribution >= 0.6 is 0 Å². The van der Waals surface area contributed by atoms with Crippen molar-refractivity contribution in [1.29, 1.82) is 0 Å². The number of aliphatic carboxylic acids is 1. The van der Waals surface area contributed by atoms with Crippen LogP contribution in [-0.2, 0) is 4.79 Å². The van der Waals surface area contributed by atoms with E-state index in [0.29, 0.717) is 0 Å². The molecule has 0 aromatic carbocycles. The van der Waals surface area contributed by atoms with Crippen molar-refractivity contribution in [3.05, 3.63) is 12.2 Å². The van der Waals surface area contributed by atoms with Crippen molar-refractivity contribution in [2.75, 3.05) is 6.61 Å². The molecule has 0 heterocycles. The molecule has 0 saturated heterocycles. The fraction of sp³-hybridized carbons (Fsp3) is 0.400. The van der Waals surface area contributed by atoms with Crippen molar-refractivity contribution in [2.24, 2.45) is 5.73 Å². The molecule has 9 heavy (non-hydrogen) atoms. The van der Waals surface area contributed by atoms with Gasteiger partial charge in [0, 0.05) is 0 Å². The van der Waals surface area contributed by atoms with Crippen molar-refractivity contribution >= 4 is 5.97 Å². The number of rotatable bonds is 3. The third kappa shape index (κ3) is 3.69. The summed E-state index contributed by atoms with van der Waals surface area (Å²) in [6.45, 7) is -0.180. The van der Waals surface area contributed by atoms with E-state index in [2.05, 4.69) is 0 Å². The number of nitrogens with two attached hydrogens (primary N) is 1. The maximum absolute atomic E-state index is 9.95.